The third-order valence-electron chi connectivity index (χ3n) is 4.11. The zero-order valence-electron chi connectivity index (χ0n) is 14.1. The molecule has 0 atom stereocenters. The summed E-state index contributed by atoms with van der Waals surface area (Å²) in [6.45, 7) is 7.10. The number of piperidine rings is 1. The third-order valence-corrected chi connectivity index (χ3v) is 4.34. The molecule has 0 saturated carbocycles. The molecular formula is C18H25ClN2O2. The van der Waals surface area contributed by atoms with Gasteiger partial charge in [-0.1, -0.05) is 44.5 Å². The van der Waals surface area contributed by atoms with E-state index in [0.717, 1.165) is 18.4 Å². The summed E-state index contributed by atoms with van der Waals surface area (Å²) >= 11 is 5.95. The summed E-state index contributed by atoms with van der Waals surface area (Å²) in [5.74, 6) is 0.189. The van der Waals surface area contributed by atoms with Gasteiger partial charge in [0.2, 0.25) is 11.8 Å². The normalized spacial score (nSPS) is 16.3. The fourth-order valence-corrected chi connectivity index (χ4v) is 2.82. The summed E-state index contributed by atoms with van der Waals surface area (Å²) in [6.07, 6.45) is 1.99. The Hall–Kier alpha value is -1.55. The Bertz CT molecular complexity index is 573. The van der Waals surface area contributed by atoms with Gasteiger partial charge >= 0.3 is 0 Å². The van der Waals surface area contributed by atoms with Crippen molar-refractivity contribution in [2.75, 3.05) is 13.1 Å². The largest absolute Gasteiger partial charge is 0.353 e. The average molecular weight is 337 g/mol. The molecule has 2 amide bonds. The Labute approximate surface area is 143 Å². The second-order valence-electron chi connectivity index (χ2n) is 7.19. The number of halogens is 1. The smallest absolute Gasteiger partial charge is 0.226 e. The predicted octanol–water partition coefficient (Wildman–Crippen LogP) is 3.04. The molecule has 4 nitrogen and oxygen atoms in total. The SMILES string of the molecule is CC(C)(C)C(=O)NC1CCN(C(=O)Cc2cccc(Cl)c2)CC1. The van der Waals surface area contributed by atoms with Crippen LogP contribution in [0.2, 0.25) is 5.02 Å². The number of rotatable bonds is 3. The molecule has 0 aliphatic carbocycles. The maximum atomic E-state index is 12.4. The minimum atomic E-state index is -0.375. The number of carbonyl (C=O) groups excluding carboxylic acids is 2. The monoisotopic (exact) mass is 336 g/mol. The zero-order valence-corrected chi connectivity index (χ0v) is 14.8. The highest BCUT2D eigenvalue weighted by atomic mass is 35.5. The van der Waals surface area contributed by atoms with Gasteiger partial charge in [-0.3, -0.25) is 9.59 Å². The van der Waals surface area contributed by atoms with Gasteiger partial charge in [0, 0.05) is 29.6 Å². The molecule has 1 fully saturated rings. The Morgan fingerprint density at radius 2 is 1.91 bits per heavy atom. The number of amides is 2. The van der Waals surface area contributed by atoms with Gasteiger partial charge < -0.3 is 10.2 Å². The van der Waals surface area contributed by atoms with Gasteiger partial charge in [-0.25, -0.2) is 0 Å². The number of carbonyl (C=O) groups is 2. The minimum Gasteiger partial charge on any atom is -0.353 e. The maximum absolute atomic E-state index is 12.4. The molecule has 0 bridgehead atoms. The van der Waals surface area contributed by atoms with Gasteiger partial charge in [0.05, 0.1) is 6.42 Å². The molecule has 1 aromatic carbocycles. The van der Waals surface area contributed by atoms with Crippen molar-refractivity contribution in [3.05, 3.63) is 34.9 Å². The van der Waals surface area contributed by atoms with Crippen LogP contribution < -0.4 is 5.32 Å². The first-order valence-corrected chi connectivity index (χ1v) is 8.46. The first-order chi connectivity index (χ1) is 10.8. The van der Waals surface area contributed by atoms with Gasteiger partial charge in [-0.05, 0) is 30.5 Å². The lowest BCUT2D eigenvalue weighted by Gasteiger charge is -2.33. The van der Waals surface area contributed by atoms with Crippen molar-refractivity contribution in [2.45, 2.75) is 46.1 Å². The second kappa shape index (κ2) is 7.35. The van der Waals surface area contributed by atoms with Crippen molar-refractivity contribution in [3.63, 3.8) is 0 Å². The van der Waals surface area contributed by atoms with E-state index in [2.05, 4.69) is 5.32 Å². The van der Waals surface area contributed by atoms with E-state index >= 15 is 0 Å². The number of hydrogen-bond acceptors (Lipinski definition) is 2. The molecule has 1 aliphatic heterocycles. The Morgan fingerprint density at radius 1 is 1.26 bits per heavy atom. The van der Waals surface area contributed by atoms with Crippen LogP contribution in [0.15, 0.2) is 24.3 Å². The Kier molecular flexibility index (Phi) is 5.69. The van der Waals surface area contributed by atoms with E-state index in [4.69, 9.17) is 11.6 Å². The van der Waals surface area contributed by atoms with Crippen LogP contribution in [0.1, 0.15) is 39.2 Å². The van der Waals surface area contributed by atoms with Crippen LogP contribution in [0.3, 0.4) is 0 Å². The highest BCUT2D eigenvalue weighted by molar-refractivity contribution is 6.30. The van der Waals surface area contributed by atoms with Gasteiger partial charge in [0.15, 0.2) is 0 Å². The topological polar surface area (TPSA) is 49.4 Å². The van der Waals surface area contributed by atoms with Gasteiger partial charge in [-0.15, -0.1) is 0 Å². The number of hydrogen-bond donors (Lipinski definition) is 1. The van der Waals surface area contributed by atoms with Crippen LogP contribution in [0.5, 0.6) is 0 Å². The van der Waals surface area contributed by atoms with E-state index < -0.39 is 0 Å². The molecule has 1 saturated heterocycles. The minimum absolute atomic E-state index is 0.0706. The number of nitrogens with one attached hydrogen (secondary N) is 1. The van der Waals surface area contributed by atoms with E-state index in [9.17, 15) is 9.59 Å². The number of likely N-dealkylation sites (tertiary alicyclic amines) is 1. The van der Waals surface area contributed by atoms with Crippen LogP contribution in [-0.2, 0) is 16.0 Å². The van der Waals surface area contributed by atoms with E-state index in [-0.39, 0.29) is 23.3 Å². The first-order valence-electron chi connectivity index (χ1n) is 8.09. The van der Waals surface area contributed by atoms with E-state index in [1.54, 1.807) is 6.07 Å². The number of nitrogens with zero attached hydrogens (tertiary/aromatic N) is 1. The molecule has 0 unspecified atom stereocenters. The standard InChI is InChI=1S/C18H25ClN2O2/c1-18(2,3)17(23)20-15-7-9-21(10-8-15)16(22)12-13-5-4-6-14(19)11-13/h4-6,11,15H,7-10,12H2,1-3H3,(H,20,23). The van der Waals surface area contributed by atoms with E-state index in [0.29, 0.717) is 24.5 Å². The third kappa shape index (κ3) is 5.24. The molecule has 1 heterocycles. The van der Waals surface area contributed by atoms with Crippen LogP contribution in [0.4, 0.5) is 0 Å². The highest BCUT2D eigenvalue weighted by Crippen LogP contribution is 2.18. The molecule has 5 heteroatoms. The molecular weight excluding hydrogens is 312 g/mol. The van der Waals surface area contributed by atoms with Gasteiger partial charge in [0.1, 0.15) is 0 Å². The lowest BCUT2D eigenvalue weighted by atomic mass is 9.94. The fraction of sp³-hybridized carbons (Fsp3) is 0.556. The zero-order chi connectivity index (χ0) is 17.0. The summed E-state index contributed by atoms with van der Waals surface area (Å²) in [7, 11) is 0. The Balaban J connectivity index is 1.82. The molecule has 0 spiro atoms. The molecule has 1 aliphatic rings. The van der Waals surface area contributed by atoms with Gasteiger partial charge in [-0.2, -0.15) is 0 Å². The van der Waals surface area contributed by atoms with E-state index in [1.165, 1.54) is 0 Å². The molecule has 2 rings (SSSR count). The predicted molar refractivity (Wildman–Crippen MR) is 92.4 cm³/mol. The number of benzene rings is 1. The molecule has 126 valence electrons. The second-order valence-corrected chi connectivity index (χ2v) is 7.62. The van der Waals surface area contributed by atoms with Crippen molar-refractivity contribution in [3.8, 4) is 0 Å². The lowest BCUT2D eigenvalue weighted by Crippen LogP contribution is -2.49. The first kappa shape index (κ1) is 17.8. The van der Waals surface area contributed by atoms with Crippen molar-refractivity contribution in [1.82, 2.24) is 10.2 Å². The average Bonchev–Trinajstić information content (AvgIpc) is 2.47. The molecule has 0 radical (unpaired) electrons. The van der Waals surface area contributed by atoms with E-state index in [1.807, 2.05) is 43.9 Å². The fourth-order valence-electron chi connectivity index (χ4n) is 2.61. The van der Waals surface area contributed by atoms with Crippen molar-refractivity contribution >= 4 is 23.4 Å². The Morgan fingerprint density at radius 3 is 2.48 bits per heavy atom. The summed E-state index contributed by atoms with van der Waals surface area (Å²) in [5.41, 5.74) is 0.560. The molecule has 23 heavy (non-hydrogen) atoms. The summed E-state index contributed by atoms with van der Waals surface area (Å²) in [6, 6.07) is 7.57. The van der Waals surface area contributed by atoms with Crippen molar-refractivity contribution < 1.29 is 9.59 Å². The quantitative estimate of drug-likeness (QED) is 0.922. The van der Waals surface area contributed by atoms with Gasteiger partial charge in [0.25, 0.3) is 0 Å². The summed E-state index contributed by atoms with van der Waals surface area (Å²) in [4.78, 5) is 26.3. The highest BCUT2D eigenvalue weighted by Gasteiger charge is 2.27. The lowest BCUT2D eigenvalue weighted by molar-refractivity contribution is -0.132. The molecule has 1 aromatic rings. The molecule has 1 N–H and O–H groups in total. The maximum Gasteiger partial charge on any atom is 0.226 e. The summed E-state index contributed by atoms with van der Waals surface area (Å²) < 4.78 is 0. The van der Waals surface area contributed by atoms with Crippen molar-refractivity contribution in [2.24, 2.45) is 5.41 Å². The van der Waals surface area contributed by atoms with Crippen LogP contribution >= 0.6 is 11.6 Å². The summed E-state index contributed by atoms with van der Waals surface area (Å²) in [5, 5.41) is 3.73. The molecule has 0 aromatic heterocycles. The van der Waals surface area contributed by atoms with Crippen molar-refractivity contribution in [1.29, 1.82) is 0 Å². The van der Waals surface area contributed by atoms with Crippen LogP contribution in [0.25, 0.3) is 0 Å². The van der Waals surface area contributed by atoms with Crippen LogP contribution in [0, 0.1) is 5.41 Å². The van der Waals surface area contributed by atoms with Crippen LogP contribution in [-0.4, -0.2) is 35.8 Å².